The standard InChI is InChI=1S/C20H22N4O5S2.ClH/c1-22(2)11-6-12-23(19(25)14-31(28,29)16-7-4-3-5-8-16)20-21-17-10-9-15(24(26)27)13-18(17)30-20;/h3-5,7-10,13H,6,11-12,14H2,1-2H3;1H. The number of hydrogen-bond acceptors (Lipinski definition) is 8. The highest BCUT2D eigenvalue weighted by atomic mass is 35.5. The molecule has 0 aliphatic rings. The van der Waals surface area contributed by atoms with E-state index in [9.17, 15) is 23.3 Å². The van der Waals surface area contributed by atoms with Crippen LogP contribution in [0.2, 0.25) is 0 Å². The fraction of sp³-hybridized carbons (Fsp3) is 0.300. The summed E-state index contributed by atoms with van der Waals surface area (Å²) in [5.74, 6) is -1.27. The Balaban J connectivity index is 0.00000363. The van der Waals surface area contributed by atoms with E-state index in [1.54, 1.807) is 18.2 Å². The maximum atomic E-state index is 13.1. The average Bonchev–Trinajstić information content (AvgIpc) is 3.14. The van der Waals surface area contributed by atoms with Crippen molar-refractivity contribution in [2.75, 3.05) is 37.8 Å². The SMILES string of the molecule is CN(C)CCCN(C(=O)CS(=O)(=O)c1ccccc1)c1nc2ccc([N+](=O)[O-])cc2s1.Cl. The van der Waals surface area contributed by atoms with Crippen LogP contribution < -0.4 is 4.90 Å². The molecule has 3 rings (SSSR count). The van der Waals surface area contributed by atoms with Gasteiger partial charge in [0, 0.05) is 18.7 Å². The normalized spacial score (nSPS) is 11.3. The number of fused-ring (bicyclic) bond motifs is 1. The summed E-state index contributed by atoms with van der Waals surface area (Å²) in [7, 11) is -0.00481. The lowest BCUT2D eigenvalue weighted by atomic mass is 10.3. The van der Waals surface area contributed by atoms with E-state index in [4.69, 9.17) is 0 Å². The van der Waals surface area contributed by atoms with Gasteiger partial charge in [-0.15, -0.1) is 12.4 Å². The van der Waals surface area contributed by atoms with Crippen LogP contribution in [-0.4, -0.2) is 62.1 Å². The maximum absolute atomic E-state index is 13.1. The molecule has 0 aliphatic carbocycles. The van der Waals surface area contributed by atoms with E-state index in [0.717, 1.165) is 11.3 Å². The Hall–Kier alpha value is -2.60. The maximum Gasteiger partial charge on any atom is 0.270 e. The molecule has 0 atom stereocenters. The van der Waals surface area contributed by atoms with Gasteiger partial charge in [-0.2, -0.15) is 0 Å². The summed E-state index contributed by atoms with van der Waals surface area (Å²) < 4.78 is 26.0. The molecule has 0 spiro atoms. The molecule has 1 aromatic heterocycles. The molecule has 1 heterocycles. The number of nitrogens with zero attached hydrogens (tertiary/aromatic N) is 4. The summed E-state index contributed by atoms with van der Waals surface area (Å²) in [5.41, 5.74) is 0.446. The number of carbonyl (C=O) groups excluding carboxylic acids is 1. The Kier molecular flexibility index (Phi) is 8.67. The smallest absolute Gasteiger partial charge is 0.270 e. The molecule has 0 saturated carbocycles. The number of thiazole rings is 1. The highest BCUT2D eigenvalue weighted by Crippen LogP contribution is 2.32. The number of sulfone groups is 1. The number of halogens is 1. The summed E-state index contributed by atoms with van der Waals surface area (Å²) in [6.07, 6.45) is 0.611. The third-order valence-electron chi connectivity index (χ3n) is 4.51. The first-order chi connectivity index (χ1) is 14.7. The van der Waals surface area contributed by atoms with Crippen molar-refractivity contribution in [2.24, 2.45) is 0 Å². The van der Waals surface area contributed by atoms with Gasteiger partial charge in [0.05, 0.1) is 20.0 Å². The molecule has 3 aromatic rings. The summed E-state index contributed by atoms with van der Waals surface area (Å²) in [5, 5.41) is 11.4. The van der Waals surface area contributed by atoms with Crippen molar-refractivity contribution in [1.29, 1.82) is 0 Å². The van der Waals surface area contributed by atoms with E-state index >= 15 is 0 Å². The zero-order valence-corrected chi connectivity index (χ0v) is 20.0. The van der Waals surface area contributed by atoms with E-state index in [1.165, 1.54) is 35.2 Å². The van der Waals surface area contributed by atoms with Crippen molar-refractivity contribution in [1.82, 2.24) is 9.88 Å². The van der Waals surface area contributed by atoms with E-state index in [1.807, 2.05) is 19.0 Å². The van der Waals surface area contributed by atoms with Crippen molar-refractivity contribution in [2.45, 2.75) is 11.3 Å². The van der Waals surface area contributed by atoms with Gasteiger partial charge in [-0.25, -0.2) is 13.4 Å². The minimum atomic E-state index is -3.82. The van der Waals surface area contributed by atoms with Gasteiger partial charge in [0.2, 0.25) is 5.91 Å². The molecule has 2 aromatic carbocycles. The number of nitro groups is 1. The number of benzene rings is 2. The Bertz CT molecular complexity index is 1200. The van der Waals surface area contributed by atoms with Gasteiger partial charge >= 0.3 is 0 Å². The monoisotopic (exact) mass is 498 g/mol. The molecule has 9 nitrogen and oxygen atoms in total. The van der Waals surface area contributed by atoms with Gasteiger partial charge in [0.25, 0.3) is 5.69 Å². The van der Waals surface area contributed by atoms with Crippen LogP contribution in [-0.2, 0) is 14.6 Å². The minimum absolute atomic E-state index is 0. The minimum Gasteiger partial charge on any atom is -0.309 e. The van der Waals surface area contributed by atoms with Gasteiger partial charge in [-0.05, 0) is 45.3 Å². The average molecular weight is 499 g/mol. The number of amides is 1. The van der Waals surface area contributed by atoms with Crippen LogP contribution in [0.5, 0.6) is 0 Å². The summed E-state index contributed by atoms with van der Waals surface area (Å²) in [6.45, 7) is 0.981. The van der Waals surface area contributed by atoms with Crippen LogP contribution >= 0.6 is 23.7 Å². The quantitative estimate of drug-likeness (QED) is 0.328. The number of hydrogen-bond donors (Lipinski definition) is 0. The lowest BCUT2D eigenvalue weighted by molar-refractivity contribution is -0.384. The van der Waals surface area contributed by atoms with Gasteiger partial charge in [0.1, 0.15) is 5.75 Å². The molecule has 0 radical (unpaired) electrons. The third-order valence-corrected chi connectivity index (χ3v) is 7.16. The Labute approximate surface area is 196 Å². The Morgan fingerprint density at radius 3 is 2.44 bits per heavy atom. The van der Waals surface area contributed by atoms with Crippen LogP contribution in [0.1, 0.15) is 6.42 Å². The fourth-order valence-corrected chi connectivity index (χ4v) is 5.22. The lowest BCUT2D eigenvalue weighted by Crippen LogP contribution is -2.37. The molecule has 32 heavy (non-hydrogen) atoms. The van der Waals surface area contributed by atoms with E-state index in [-0.39, 0.29) is 29.5 Å². The topological polar surface area (TPSA) is 114 Å². The summed E-state index contributed by atoms with van der Waals surface area (Å²) in [6, 6.07) is 12.1. The predicted molar refractivity (Wildman–Crippen MR) is 128 cm³/mol. The Morgan fingerprint density at radius 1 is 1.12 bits per heavy atom. The van der Waals surface area contributed by atoms with E-state index in [0.29, 0.717) is 28.3 Å². The van der Waals surface area contributed by atoms with Crippen molar-refractivity contribution in [3.8, 4) is 0 Å². The predicted octanol–water partition coefficient (Wildman–Crippen LogP) is 3.38. The zero-order chi connectivity index (χ0) is 22.6. The van der Waals surface area contributed by atoms with Gasteiger partial charge in [0.15, 0.2) is 15.0 Å². The molecule has 0 unspecified atom stereocenters. The second-order valence-corrected chi connectivity index (χ2v) is 10.2. The van der Waals surface area contributed by atoms with Gasteiger partial charge in [-0.1, -0.05) is 29.5 Å². The van der Waals surface area contributed by atoms with E-state index in [2.05, 4.69) is 4.98 Å². The summed E-state index contributed by atoms with van der Waals surface area (Å²) in [4.78, 5) is 31.4. The van der Waals surface area contributed by atoms with Crippen LogP contribution in [0.3, 0.4) is 0 Å². The molecule has 0 fully saturated rings. The van der Waals surface area contributed by atoms with Crippen molar-refractivity contribution in [3.05, 3.63) is 58.6 Å². The number of aromatic nitrogens is 1. The summed E-state index contributed by atoms with van der Waals surface area (Å²) >= 11 is 1.13. The molecule has 1 amide bonds. The second-order valence-electron chi connectivity index (χ2n) is 7.18. The molecule has 0 bridgehead atoms. The number of rotatable bonds is 9. The zero-order valence-electron chi connectivity index (χ0n) is 17.5. The van der Waals surface area contributed by atoms with Crippen molar-refractivity contribution >= 4 is 60.5 Å². The van der Waals surface area contributed by atoms with Crippen LogP contribution in [0.25, 0.3) is 10.2 Å². The lowest BCUT2D eigenvalue weighted by Gasteiger charge is -2.21. The van der Waals surface area contributed by atoms with Crippen LogP contribution in [0.15, 0.2) is 53.4 Å². The van der Waals surface area contributed by atoms with E-state index < -0.39 is 26.4 Å². The first-order valence-electron chi connectivity index (χ1n) is 9.45. The first kappa shape index (κ1) is 25.7. The molecular formula is C20H23ClN4O5S2. The molecule has 0 N–H and O–H groups in total. The molecule has 0 saturated heterocycles. The number of nitro benzene ring substituents is 1. The number of anilines is 1. The molecular weight excluding hydrogens is 476 g/mol. The number of carbonyl (C=O) groups is 1. The van der Waals surface area contributed by atoms with Crippen molar-refractivity contribution in [3.63, 3.8) is 0 Å². The third kappa shape index (κ3) is 6.22. The number of non-ortho nitro benzene ring substituents is 1. The molecule has 12 heteroatoms. The second kappa shape index (κ2) is 10.8. The molecule has 0 aliphatic heterocycles. The Morgan fingerprint density at radius 2 is 1.81 bits per heavy atom. The fourth-order valence-electron chi connectivity index (χ4n) is 2.95. The largest absolute Gasteiger partial charge is 0.309 e. The highest BCUT2D eigenvalue weighted by Gasteiger charge is 2.26. The molecule has 172 valence electrons. The van der Waals surface area contributed by atoms with Crippen LogP contribution in [0.4, 0.5) is 10.8 Å². The van der Waals surface area contributed by atoms with Gasteiger partial charge < -0.3 is 4.90 Å². The highest BCUT2D eigenvalue weighted by molar-refractivity contribution is 7.92. The van der Waals surface area contributed by atoms with Crippen molar-refractivity contribution < 1.29 is 18.1 Å². The first-order valence-corrected chi connectivity index (χ1v) is 11.9. The van der Waals surface area contributed by atoms with Gasteiger partial charge in [-0.3, -0.25) is 19.8 Å². The van der Waals surface area contributed by atoms with Crippen LogP contribution in [0, 0.1) is 10.1 Å².